The van der Waals surface area contributed by atoms with Crippen molar-refractivity contribution >= 4 is 15.7 Å². The van der Waals surface area contributed by atoms with E-state index >= 15 is 0 Å². The van der Waals surface area contributed by atoms with E-state index in [9.17, 15) is 13.2 Å². The van der Waals surface area contributed by atoms with Gasteiger partial charge in [0.2, 0.25) is 5.91 Å². The van der Waals surface area contributed by atoms with Crippen molar-refractivity contribution in [1.82, 2.24) is 4.90 Å². The summed E-state index contributed by atoms with van der Waals surface area (Å²) >= 11 is 0. The highest BCUT2D eigenvalue weighted by Gasteiger charge is 2.30. The third kappa shape index (κ3) is 2.45. The third-order valence-corrected chi connectivity index (χ3v) is 4.02. The molecule has 1 amide bonds. The van der Waals surface area contributed by atoms with Gasteiger partial charge < -0.3 is 4.90 Å². The zero-order chi connectivity index (χ0) is 10.8. The first-order valence-electron chi connectivity index (χ1n) is 4.33. The van der Waals surface area contributed by atoms with Crippen LogP contribution in [0, 0.1) is 11.3 Å². The van der Waals surface area contributed by atoms with Gasteiger partial charge in [-0.05, 0) is 6.92 Å². The van der Waals surface area contributed by atoms with E-state index in [1.807, 2.05) is 0 Å². The molecule has 1 fully saturated rings. The van der Waals surface area contributed by atoms with E-state index in [4.69, 9.17) is 5.26 Å². The van der Waals surface area contributed by atoms with Gasteiger partial charge in [-0.25, -0.2) is 8.42 Å². The maximum absolute atomic E-state index is 11.3. The summed E-state index contributed by atoms with van der Waals surface area (Å²) in [6.45, 7) is 1.90. The van der Waals surface area contributed by atoms with Crippen LogP contribution in [0.15, 0.2) is 0 Å². The van der Waals surface area contributed by atoms with Crippen molar-refractivity contribution in [2.75, 3.05) is 18.1 Å². The van der Waals surface area contributed by atoms with Crippen molar-refractivity contribution < 1.29 is 13.2 Å². The highest BCUT2D eigenvalue weighted by molar-refractivity contribution is 7.91. The van der Waals surface area contributed by atoms with Crippen LogP contribution in [0.1, 0.15) is 13.3 Å². The Kier molecular flexibility index (Phi) is 3.11. The summed E-state index contributed by atoms with van der Waals surface area (Å²) in [6, 6.07) is 1.45. The van der Waals surface area contributed by atoms with Gasteiger partial charge in [0.05, 0.1) is 17.6 Å². The topological polar surface area (TPSA) is 78.2 Å². The minimum Gasteiger partial charge on any atom is -0.337 e. The lowest BCUT2D eigenvalue weighted by atomic mass is 10.3. The molecule has 78 valence electrons. The molecule has 0 aromatic carbocycles. The molecule has 0 N–H and O–H groups in total. The van der Waals surface area contributed by atoms with Crippen molar-refractivity contribution in [1.29, 1.82) is 5.26 Å². The molecule has 14 heavy (non-hydrogen) atoms. The summed E-state index contributed by atoms with van der Waals surface area (Å²) in [5.41, 5.74) is 0. The Morgan fingerprint density at radius 3 is 2.79 bits per heavy atom. The van der Waals surface area contributed by atoms with Crippen LogP contribution < -0.4 is 0 Å². The smallest absolute Gasteiger partial charge is 0.237 e. The van der Waals surface area contributed by atoms with Crippen LogP contribution in [0.2, 0.25) is 0 Å². The molecule has 0 aliphatic carbocycles. The maximum atomic E-state index is 11.3. The number of nitriles is 1. The van der Waals surface area contributed by atoms with Gasteiger partial charge in [-0.2, -0.15) is 5.26 Å². The minimum atomic E-state index is -2.99. The summed E-state index contributed by atoms with van der Waals surface area (Å²) in [4.78, 5) is 12.8. The molecule has 0 saturated carbocycles. The number of nitrogens with zero attached hydrogens (tertiary/aromatic N) is 2. The van der Waals surface area contributed by atoms with Crippen molar-refractivity contribution in [2.24, 2.45) is 0 Å². The lowest BCUT2D eigenvalue weighted by Crippen LogP contribution is -2.49. The van der Waals surface area contributed by atoms with Gasteiger partial charge in [-0.1, -0.05) is 0 Å². The Bertz CT molecular complexity index is 369. The molecule has 1 atom stereocenters. The summed E-state index contributed by atoms with van der Waals surface area (Å²) in [5.74, 6) is -0.270. The molecule has 6 heteroatoms. The number of sulfone groups is 1. The van der Waals surface area contributed by atoms with E-state index < -0.39 is 9.84 Å². The summed E-state index contributed by atoms with van der Waals surface area (Å²) in [6.07, 6.45) is -0.176. The van der Waals surface area contributed by atoms with E-state index in [1.54, 1.807) is 13.0 Å². The Morgan fingerprint density at radius 2 is 2.29 bits per heavy atom. The van der Waals surface area contributed by atoms with Crippen molar-refractivity contribution in [3.8, 4) is 6.07 Å². The molecule has 1 rings (SSSR count). The highest BCUT2D eigenvalue weighted by Crippen LogP contribution is 2.12. The van der Waals surface area contributed by atoms with Gasteiger partial charge in [-0.15, -0.1) is 0 Å². The molecule has 1 unspecified atom stereocenters. The molecule has 1 saturated heterocycles. The summed E-state index contributed by atoms with van der Waals surface area (Å²) in [7, 11) is -2.99. The highest BCUT2D eigenvalue weighted by atomic mass is 32.2. The molecule has 0 radical (unpaired) electrons. The van der Waals surface area contributed by atoms with Gasteiger partial charge in [0.1, 0.15) is 6.42 Å². The number of amides is 1. The molecule has 1 aliphatic heterocycles. The number of carbonyl (C=O) groups excluding carboxylic acids is 1. The second-order valence-electron chi connectivity index (χ2n) is 3.39. The number of hydrogen-bond acceptors (Lipinski definition) is 4. The van der Waals surface area contributed by atoms with Crippen LogP contribution in [-0.4, -0.2) is 43.3 Å². The van der Waals surface area contributed by atoms with Gasteiger partial charge in [0, 0.05) is 12.6 Å². The molecule has 0 spiro atoms. The molecule has 5 nitrogen and oxygen atoms in total. The van der Waals surface area contributed by atoms with Crippen LogP contribution in [-0.2, 0) is 14.6 Å². The van der Waals surface area contributed by atoms with Crippen LogP contribution >= 0.6 is 0 Å². The van der Waals surface area contributed by atoms with Crippen LogP contribution in [0.3, 0.4) is 0 Å². The molecular weight excluding hydrogens is 204 g/mol. The molecule has 1 aliphatic rings. The van der Waals surface area contributed by atoms with Gasteiger partial charge in [-0.3, -0.25) is 4.79 Å². The standard InChI is InChI=1S/C8H12N2O3S/c1-7-6-14(12,13)5-4-10(7)8(11)2-3-9/h7H,2,4-6H2,1H3. The SMILES string of the molecule is CC1CS(=O)(=O)CCN1C(=O)CC#N. The van der Waals surface area contributed by atoms with Crippen LogP contribution in [0.4, 0.5) is 0 Å². The zero-order valence-corrected chi connectivity index (χ0v) is 8.75. The molecule has 0 bridgehead atoms. The Labute approximate surface area is 83.2 Å². The summed E-state index contributed by atoms with van der Waals surface area (Å²) in [5, 5.41) is 8.34. The van der Waals surface area contributed by atoms with Crippen LogP contribution in [0.25, 0.3) is 0 Å². The number of carbonyl (C=O) groups is 1. The first-order valence-corrected chi connectivity index (χ1v) is 6.15. The first kappa shape index (κ1) is 11.0. The Morgan fingerprint density at radius 1 is 1.64 bits per heavy atom. The average molecular weight is 216 g/mol. The predicted molar refractivity (Wildman–Crippen MR) is 50.1 cm³/mol. The molecule has 1 heterocycles. The van der Waals surface area contributed by atoms with Gasteiger partial charge in [0.15, 0.2) is 9.84 Å². The fraction of sp³-hybridized carbons (Fsp3) is 0.750. The minimum absolute atomic E-state index is 0.00414. The van der Waals surface area contributed by atoms with Crippen LogP contribution in [0.5, 0.6) is 0 Å². The molecular formula is C8H12N2O3S. The normalized spacial score (nSPS) is 25.4. The fourth-order valence-electron chi connectivity index (χ4n) is 1.54. The van der Waals surface area contributed by atoms with Crippen molar-refractivity contribution in [3.63, 3.8) is 0 Å². The first-order chi connectivity index (χ1) is 6.46. The van der Waals surface area contributed by atoms with E-state index in [2.05, 4.69) is 0 Å². The third-order valence-electron chi connectivity index (χ3n) is 2.22. The second-order valence-corrected chi connectivity index (χ2v) is 5.61. The predicted octanol–water partition coefficient (Wildman–Crippen LogP) is -0.454. The van der Waals surface area contributed by atoms with E-state index in [1.165, 1.54) is 4.90 Å². The number of hydrogen-bond donors (Lipinski definition) is 0. The summed E-state index contributed by atoms with van der Waals surface area (Å²) < 4.78 is 22.4. The second kappa shape index (κ2) is 3.96. The Hall–Kier alpha value is -1.09. The van der Waals surface area contributed by atoms with Crippen molar-refractivity contribution in [3.05, 3.63) is 0 Å². The quantitative estimate of drug-likeness (QED) is 0.594. The average Bonchev–Trinajstić information content (AvgIpc) is 2.02. The molecule has 0 aromatic rings. The van der Waals surface area contributed by atoms with E-state index in [-0.39, 0.29) is 36.4 Å². The largest absolute Gasteiger partial charge is 0.337 e. The molecule has 0 aromatic heterocycles. The zero-order valence-electron chi connectivity index (χ0n) is 7.93. The van der Waals surface area contributed by atoms with E-state index in [0.29, 0.717) is 0 Å². The lowest BCUT2D eigenvalue weighted by Gasteiger charge is -2.32. The fourth-order valence-corrected chi connectivity index (χ4v) is 3.09. The lowest BCUT2D eigenvalue weighted by molar-refractivity contribution is -0.131. The van der Waals surface area contributed by atoms with Crippen molar-refractivity contribution in [2.45, 2.75) is 19.4 Å². The van der Waals surface area contributed by atoms with Gasteiger partial charge >= 0.3 is 0 Å². The van der Waals surface area contributed by atoms with Gasteiger partial charge in [0.25, 0.3) is 0 Å². The number of rotatable bonds is 1. The Balaban J connectivity index is 2.68. The monoisotopic (exact) mass is 216 g/mol. The van der Waals surface area contributed by atoms with E-state index in [0.717, 1.165) is 0 Å². The maximum Gasteiger partial charge on any atom is 0.237 e.